The van der Waals surface area contributed by atoms with Crippen LogP contribution in [0.1, 0.15) is 23.9 Å². The second-order valence-electron chi connectivity index (χ2n) is 3.58. The number of likely N-dealkylation sites (N-methyl/N-ethyl adjacent to an activating group) is 1. The molecule has 2 rings (SSSR count). The van der Waals surface area contributed by atoms with Gasteiger partial charge in [0.05, 0.1) is 5.25 Å². The second-order valence-corrected chi connectivity index (χ2v) is 6.04. The zero-order valence-corrected chi connectivity index (χ0v) is 11.1. The van der Waals surface area contributed by atoms with Crippen molar-refractivity contribution < 1.29 is 4.52 Å². The van der Waals surface area contributed by atoms with Crippen molar-refractivity contribution in [3.8, 4) is 0 Å². The van der Waals surface area contributed by atoms with Crippen LogP contribution in [-0.4, -0.2) is 40.5 Å². The predicted molar refractivity (Wildman–Crippen MR) is 69.1 cm³/mol. The highest BCUT2D eigenvalue weighted by Crippen LogP contribution is 2.34. The number of nitrogens with zero attached hydrogens (tertiary/aromatic N) is 2. The molecular weight excluding hydrogens is 242 g/mol. The van der Waals surface area contributed by atoms with E-state index >= 15 is 0 Å². The van der Waals surface area contributed by atoms with Crippen molar-refractivity contribution in [3.63, 3.8) is 0 Å². The number of rotatable bonds is 5. The minimum absolute atomic E-state index is 0.426. The Morgan fingerprint density at radius 3 is 3.19 bits per heavy atom. The molecular formula is C10H17N3OS2. The summed E-state index contributed by atoms with van der Waals surface area (Å²) in [4.78, 5) is 4.45. The van der Waals surface area contributed by atoms with E-state index < -0.39 is 0 Å². The van der Waals surface area contributed by atoms with Crippen molar-refractivity contribution in [1.29, 1.82) is 0 Å². The summed E-state index contributed by atoms with van der Waals surface area (Å²) < 4.78 is 5.24. The van der Waals surface area contributed by atoms with Crippen LogP contribution in [0.4, 0.5) is 0 Å². The molecule has 0 radical (unpaired) electrons. The number of aromatic nitrogens is 2. The Morgan fingerprint density at radius 1 is 1.50 bits per heavy atom. The molecule has 0 amide bonds. The molecule has 0 spiro atoms. The normalized spacial score (nSPS) is 21.2. The Morgan fingerprint density at radius 2 is 2.44 bits per heavy atom. The lowest BCUT2D eigenvalue weighted by Gasteiger charge is -2.16. The molecule has 1 aromatic rings. The van der Waals surface area contributed by atoms with Gasteiger partial charge in [-0.3, -0.25) is 0 Å². The van der Waals surface area contributed by atoms with E-state index in [4.69, 9.17) is 4.52 Å². The molecule has 1 fully saturated rings. The van der Waals surface area contributed by atoms with Gasteiger partial charge in [0.2, 0.25) is 5.89 Å². The van der Waals surface area contributed by atoms with E-state index in [2.05, 4.69) is 22.4 Å². The molecule has 4 nitrogen and oxygen atoms in total. The molecule has 1 aliphatic rings. The number of nitrogens with one attached hydrogen (secondary N) is 1. The van der Waals surface area contributed by atoms with E-state index in [1.807, 2.05) is 23.5 Å². The van der Waals surface area contributed by atoms with Crippen LogP contribution in [0.5, 0.6) is 0 Å². The van der Waals surface area contributed by atoms with Crippen molar-refractivity contribution in [2.75, 3.05) is 30.3 Å². The quantitative estimate of drug-likeness (QED) is 0.813. The summed E-state index contributed by atoms with van der Waals surface area (Å²) in [5.41, 5.74) is 0. The fourth-order valence-corrected chi connectivity index (χ4v) is 4.10. The monoisotopic (exact) mass is 259 g/mol. The Balaban J connectivity index is 1.85. The summed E-state index contributed by atoms with van der Waals surface area (Å²) in [6.45, 7) is 3.98. The zero-order valence-electron chi connectivity index (χ0n) is 9.44. The molecule has 1 aromatic heterocycles. The molecule has 0 bridgehead atoms. The minimum Gasteiger partial charge on any atom is -0.339 e. The lowest BCUT2D eigenvalue weighted by Crippen LogP contribution is -2.16. The fourth-order valence-electron chi connectivity index (χ4n) is 1.51. The zero-order chi connectivity index (χ0) is 11.2. The molecule has 1 unspecified atom stereocenters. The Hall–Kier alpha value is -0.200. The molecule has 2 heterocycles. The Labute approximate surface area is 104 Å². The molecule has 0 aliphatic carbocycles. The summed E-state index contributed by atoms with van der Waals surface area (Å²) in [7, 11) is 0. The maximum absolute atomic E-state index is 5.24. The summed E-state index contributed by atoms with van der Waals surface area (Å²) in [5.74, 6) is 5.18. The van der Waals surface area contributed by atoms with Crippen LogP contribution in [0.3, 0.4) is 0 Å². The molecule has 0 saturated carbocycles. The van der Waals surface area contributed by atoms with Gasteiger partial charge in [-0.05, 0) is 6.54 Å². The molecule has 6 heteroatoms. The van der Waals surface area contributed by atoms with Crippen LogP contribution in [0.25, 0.3) is 0 Å². The van der Waals surface area contributed by atoms with E-state index in [9.17, 15) is 0 Å². The van der Waals surface area contributed by atoms with Crippen LogP contribution in [0.15, 0.2) is 4.52 Å². The summed E-state index contributed by atoms with van der Waals surface area (Å²) in [5, 5.41) is 7.75. The fraction of sp³-hybridized carbons (Fsp3) is 0.800. The first kappa shape index (κ1) is 12.3. The van der Waals surface area contributed by atoms with Gasteiger partial charge in [0.25, 0.3) is 0 Å². The SMILES string of the molecule is CCNCCc1nc(C2CSCCS2)no1. The van der Waals surface area contributed by atoms with Gasteiger partial charge in [-0.1, -0.05) is 12.1 Å². The highest BCUT2D eigenvalue weighted by Gasteiger charge is 2.21. The summed E-state index contributed by atoms with van der Waals surface area (Å²) in [6, 6.07) is 0. The van der Waals surface area contributed by atoms with Crippen LogP contribution in [0, 0.1) is 0 Å². The largest absolute Gasteiger partial charge is 0.339 e. The van der Waals surface area contributed by atoms with Gasteiger partial charge in [-0.15, -0.1) is 11.8 Å². The highest BCUT2D eigenvalue weighted by atomic mass is 32.2. The number of thioether (sulfide) groups is 2. The van der Waals surface area contributed by atoms with Crippen LogP contribution >= 0.6 is 23.5 Å². The Kier molecular flexibility index (Phi) is 4.99. The molecule has 1 atom stereocenters. The topological polar surface area (TPSA) is 51.0 Å². The van der Waals surface area contributed by atoms with Gasteiger partial charge in [0, 0.05) is 30.2 Å². The van der Waals surface area contributed by atoms with E-state index in [1.54, 1.807) is 0 Å². The Bertz CT molecular complexity index is 313. The number of hydrogen-bond donors (Lipinski definition) is 1. The van der Waals surface area contributed by atoms with Gasteiger partial charge in [-0.25, -0.2) is 0 Å². The lowest BCUT2D eigenvalue weighted by atomic mass is 10.4. The van der Waals surface area contributed by atoms with E-state index in [0.717, 1.165) is 37.0 Å². The van der Waals surface area contributed by atoms with Crippen molar-refractivity contribution in [2.24, 2.45) is 0 Å². The van der Waals surface area contributed by atoms with E-state index in [1.165, 1.54) is 11.5 Å². The predicted octanol–water partition coefficient (Wildman–Crippen LogP) is 1.74. The van der Waals surface area contributed by atoms with Gasteiger partial charge < -0.3 is 9.84 Å². The first-order chi connectivity index (χ1) is 7.90. The third-order valence-electron chi connectivity index (χ3n) is 2.35. The maximum atomic E-state index is 5.24. The van der Waals surface area contributed by atoms with Gasteiger partial charge >= 0.3 is 0 Å². The standard InChI is InChI=1S/C10H17N3OS2/c1-2-11-4-3-9-12-10(13-14-9)8-7-15-5-6-16-8/h8,11H,2-7H2,1H3. The highest BCUT2D eigenvalue weighted by molar-refractivity contribution is 8.06. The third kappa shape index (κ3) is 3.40. The summed E-state index contributed by atoms with van der Waals surface area (Å²) in [6.07, 6.45) is 0.825. The second kappa shape index (κ2) is 6.51. The van der Waals surface area contributed by atoms with E-state index in [-0.39, 0.29) is 0 Å². The lowest BCUT2D eigenvalue weighted by molar-refractivity contribution is 0.371. The van der Waals surface area contributed by atoms with Crippen molar-refractivity contribution in [3.05, 3.63) is 11.7 Å². The van der Waals surface area contributed by atoms with Crippen molar-refractivity contribution >= 4 is 23.5 Å². The van der Waals surface area contributed by atoms with Gasteiger partial charge in [0.1, 0.15) is 0 Å². The third-order valence-corrected chi connectivity index (χ3v) is 5.10. The van der Waals surface area contributed by atoms with Crippen LogP contribution in [0.2, 0.25) is 0 Å². The van der Waals surface area contributed by atoms with Crippen LogP contribution in [-0.2, 0) is 6.42 Å². The van der Waals surface area contributed by atoms with Gasteiger partial charge in [0.15, 0.2) is 5.82 Å². The molecule has 1 saturated heterocycles. The molecule has 0 aromatic carbocycles. The molecule has 90 valence electrons. The van der Waals surface area contributed by atoms with Crippen molar-refractivity contribution in [1.82, 2.24) is 15.5 Å². The molecule has 16 heavy (non-hydrogen) atoms. The number of hydrogen-bond acceptors (Lipinski definition) is 6. The maximum Gasteiger partial charge on any atom is 0.227 e. The minimum atomic E-state index is 0.426. The summed E-state index contributed by atoms with van der Waals surface area (Å²) >= 11 is 3.91. The average Bonchev–Trinajstić information content (AvgIpc) is 2.79. The van der Waals surface area contributed by atoms with E-state index in [0.29, 0.717) is 5.25 Å². The van der Waals surface area contributed by atoms with Crippen molar-refractivity contribution in [2.45, 2.75) is 18.6 Å². The first-order valence-corrected chi connectivity index (χ1v) is 7.83. The molecule has 1 aliphatic heterocycles. The molecule has 1 N–H and O–H groups in total. The first-order valence-electron chi connectivity index (χ1n) is 5.62. The van der Waals surface area contributed by atoms with Crippen LogP contribution < -0.4 is 5.32 Å². The smallest absolute Gasteiger partial charge is 0.227 e. The van der Waals surface area contributed by atoms with Gasteiger partial charge in [-0.2, -0.15) is 16.7 Å². The average molecular weight is 259 g/mol.